The molecule has 0 radical (unpaired) electrons. The first kappa shape index (κ1) is 10.1. The fraction of sp³-hybridized carbons (Fsp3) is 0.636. The molecule has 3 heteroatoms. The van der Waals surface area contributed by atoms with Gasteiger partial charge in [-0.1, -0.05) is 0 Å². The van der Waals surface area contributed by atoms with Crippen LogP contribution in [0.2, 0.25) is 0 Å². The second kappa shape index (κ2) is 3.33. The number of hydrogen-bond donors (Lipinski definition) is 1. The lowest BCUT2D eigenvalue weighted by atomic mass is 9.89. The minimum atomic E-state index is -0.662. The highest BCUT2D eigenvalue weighted by Crippen LogP contribution is 2.34. The molecule has 1 aromatic rings. The zero-order valence-electron chi connectivity index (χ0n) is 8.62. The van der Waals surface area contributed by atoms with E-state index >= 15 is 0 Å². The first-order valence-corrected chi connectivity index (χ1v) is 5.81. The quantitative estimate of drug-likeness (QED) is 0.814. The van der Waals surface area contributed by atoms with Gasteiger partial charge in [0.15, 0.2) is 0 Å². The Hall–Kier alpha value is -0.380. The van der Waals surface area contributed by atoms with Crippen LogP contribution in [0.1, 0.15) is 25.8 Å². The molecule has 1 atom stereocenters. The maximum Gasteiger partial charge on any atom is 0.0947 e. The average molecular weight is 212 g/mol. The first-order valence-electron chi connectivity index (χ1n) is 4.87. The Labute approximate surface area is 88.5 Å². The lowest BCUT2D eigenvalue weighted by molar-refractivity contribution is 0.00598. The average Bonchev–Trinajstić information content (AvgIpc) is 2.60. The molecular weight excluding hydrogens is 196 g/mol. The molecular formula is C11H16O2S. The molecule has 1 N–H and O–H groups in total. The van der Waals surface area contributed by atoms with Crippen molar-refractivity contribution in [1.82, 2.24) is 0 Å². The zero-order chi connectivity index (χ0) is 10.2. The summed E-state index contributed by atoms with van der Waals surface area (Å²) in [6.07, 6.45) is 1.43. The second-order valence-electron chi connectivity index (χ2n) is 4.76. The van der Waals surface area contributed by atoms with Crippen molar-refractivity contribution in [2.75, 3.05) is 6.61 Å². The van der Waals surface area contributed by atoms with Gasteiger partial charge in [0.1, 0.15) is 0 Å². The predicted octanol–water partition coefficient (Wildman–Crippen LogP) is 2.22. The summed E-state index contributed by atoms with van der Waals surface area (Å²) < 4.78 is 5.56. The minimum Gasteiger partial charge on any atom is -0.387 e. The van der Waals surface area contributed by atoms with Gasteiger partial charge in [0.25, 0.3) is 0 Å². The smallest absolute Gasteiger partial charge is 0.0947 e. The monoisotopic (exact) mass is 212 g/mol. The summed E-state index contributed by atoms with van der Waals surface area (Å²) in [6, 6.07) is 2.06. The molecule has 0 amide bonds. The van der Waals surface area contributed by atoms with Crippen molar-refractivity contribution in [3.63, 3.8) is 0 Å². The van der Waals surface area contributed by atoms with Crippen molar-refractivity contribution in [3.05, 3.63) is 22.4 Å². The van der Waals surface area contributed by atoms with Crippen molar-refractivity contribution in [3.8, 4) is 0 Å². The van der Waals surface area contributed by atoms with E-state index in [0.29, 0.717) is 13.0 Å². The molecule has 0 bridgehead atoms. The first-order chi connectivity index (χ1) is 6.49. The molecule has 1 aromatic heterocycles. The van der Waals surface area contributed by atoms with Crippen molar-refractivity contribution in [1.29, 1.82) is 0 Å². The van der Waals surface area contributed by atoms with Crippen LogP contribution in [0.3, 0.4) is 0 Å². The van der Waals surface area contributed by atoms with Crippen LogP contribution >= 0.6 is 11.3 Å². The number of rotatable bonds is 2. The van der Waals surface area contributed by atoms with Crippen LogP contribution in [0.5, 0.6) is 0 Å². The molecule has 0 aliphatic carbocycles. The van der Waals surface area contributed by atoms with E-state index in [0.717, 1.165) is 6.42 Å². The summed E-state index contributed by atoms with van der Waals surface area (Å²) in [6.45, 7) is 4.51. The van der Waals surface area contributed by atoms with E-state index < -0.39 is 5.60 Å². The lowest BCUT2D eigenvalue weighted by Crippen LogP contribution is -2.33. The lowest BCUT2D eigenvalue weighted by Gasteiger charge is -2.21. The second-order valence-corrected chi connectivity index (χ2v) is 5.54. The maximum absolute atomic E-state index is 10.3. The molecule has 0 spiro atoms. The standard InChI is InChI=1S/C11H16O2S/c1-10(2)7-11(12,8-13-10)5-9-3-4-14-6-9/h3-4,6,12H,5,7-8H2,1-2H3. The highest BCUT2D eigenvalue weighted by Gasteiger charge is 2.42. The molecule has 78 valence electrons. The normalized spacial score (nSPS) is 30.8. The van der Waals surface area contributed by atoms with E-state index in [1.54, 1.807) is 11.3 Å². The fourth-order valence-electron chi connectivity index (χ4n) is 2.11. The highest BCUT2D eigenvalue weighted by atomic mass is 32.1. The van der Waals surface area contributed by atoms with E-state index in [4.69, 9.17) is 4.74 Å². The Balaban J connectivity index is 2.05. The van der Waals surface area contributed by atoms with Crippen LogP contribution in [0.15, 0.2) is 16.8 Å². The molecule has 2 heterocycles. The SMILES string of the molecule is CC1(C)CC(O)(Cc2ccsc2)CO1. The Morgan fingerprint density at radius 1 is 1.57 bits per heavy atom. The van der Waals surface area contributed by atoms with Crippen molar-refractivity contribution in [2.45, 2.75) is 37.9 Å². The van der Waals surface area contributed by atoms with E-state index in [1.807, 2.05) is 19.2 Å². The number of thiophene rings is 1. The summed E-state index contributed by atoms with van der Waals surface area (Å²) >= 11 is 1.67. The Morgan fingerprint density at radius 3 is 2.86 bits per heavy atom. The summed E-state index contributed by atoms with van der Waals surface area (Å²) in [5.41, 5.74) is 0.369. The number of aliphatic hydroxyl groups is 1. The zero-order valence-corrected chi connectivity index (χ0v) is 9.43. The predicted molar refractivity (Wildman–Crippen MR) is 57.6 cm³/mol. The molecule has 14 heavy (non-hydrogen) atoms. The van der Waals surface area contributed by atoms with Gasteiger partial charge < -0.3 is 9.84 Å². The summed E-state index contributed by atoms with van der Waals surface area (Å²) in [7, 11) is 0. The topological polar surface area (TPSA) is 29.5 Å². The van der Waals surface area contributed by atoms with Crippen LogP contribution in [0.25, 0.3) is 0 Å². The fourth-order valence-corrected chi connectivity index (χ4v) is 2.78. The summed E-state index contributed by atoms with van der Waals surface area (Å²) in [5, 5.41) is 14.4. The minimum absolute atomic E-state index is 0.176. The van der Waals surface area contributed by atoms with E-state index in [2.05, 4.69) is 11.4 Å². The van der Waals surface area contributed by atoms with Crippen molar-refractivity contribution in [2.24, 2.45) is 0 Å². The van der Waals surface area contributed by atoms with E-state index in [9.17, 15) is 5.11 Å². The molecule has 1 unspecified atom stereocenters. The van der Waals surface area contributed by atoms with Crippen molar-refractivity contribution >= 4 is 11.3 Å². The Kier molecular flexibility index (Phi) is 2.41. The van der Waals surface area contributed by atoms with E-state index in [1.165, 1.54) is 5.56 Å². The van der Waals surface area contributed by atoms with Gasteiger partial charge in [0, 0.05) is 12.8 Å². The van der Waals surface area contributed by atoms with Gasteiger partial charge in [-0.2, -0.15) is 11.3 Å². The molecule has 1 aliphatic heterocycles. The third-order valence-corrected chi connectivity index (χ3v) is 3.33. The van der Waals surface area contributed by atoms with Crippen LogP contribution in [0, 0.1) is 0 Å². The Morgan fingerprint density at radius 2 is 2.36 bits per heavy atom. The van der Waals surface area contributed by atoms with Crippen LogP contribution < -0.4 is 0 Å². The van der Waals surface area contributed by atoms with Crippen LogP contribution in [-0.2, 0) is 11.2 Å². The molecule has 0 saturated carbocycles. The maximum atomic E-state index is 10.3. The summed E-state index contributed by atoms with van der Waals surface area (Å²) in [4.78, 5) is 0. The number of ether oxygens (including phenoxy) is 1. The molecule has 2 rings (SSSR count). The molecule has 1 aliphatic rings. The largest absolute Gasteiger partial charge is 0.387 e. The van der Waals surface area contributed by atoms with Crippen LogP contribution in [0.4, 0.5) is 0 Å². The van der Waals surface area contributed by atoms with Gasteiger partial charge in [-0.25, -0.2) is 0 Å². The molecule has 1 saturated heterocycles. The Bertz CT molecular complexity index is 305. The van der Waals surface area contributed by atoms with Gasteiger partial charge in [0.2, 0.25) is 0 Å². The third kappa shape index (κ3) is 2.16. The number of hydrogen-bond acceptors (Lipinski definition) is 3. The van der Waals surface area contributed by atoms with E-state index in [-0.39, 0.29) is 5.60 Å². The highest BCUT2D eigenvalue weighted by molar-refractivity contribution is 7.07. The third-order valence-electron chi connectivity index (χ3n) is 2.60. The summed E-state index contributed by atoms with van der Waals surface area (Å²) in [5.74, 6) is 0. The van der Waals surface area contributed by atoms with Gasteiger partial charge in [0.05, 0.1) is 17.8 Å². The molecule has 1 fully saturated rings. The van der Waals surface area contributed by atoms with Gasteiger partial charge in [-0.05, 0) is 36.2 Å². The molecule has 0 aromatic carbocycles. The van der Waals surface area contributed by atoms with Crippen LogP contribution in [-0.4, -0.2) is 22.9 Å². The van der Waals surface area contributed by atoms with Gasteiger partial charge in [-0.15, -0.1) is 0 Å². The van der Waals surface area contributed by atoms with Gasteiger partial charge in [-0.3, -0.25) is 0 Å². The van der Waals surface area contributed by atoms with Crippen molar-refractivity contribution < 1.29 is 9.84 Å². The van der Waals surface area contributed by atoms with Gasteiger partial charge >= 0.3 is 0 Å². The molecule has 2 nitrogen and oxygen atoms in total.